The summed E-state index contributed by atoms with van der Waals surface area (Å²) < 4.78 is 30.3. The van der Waals surface area contributed by atoms with Crippen molar-refractivity contribution < 1.29 is 28.2 Å². The van der Waals surface area contributed by atoms with E-state index in [1.54, 1.807) is 12.0 Å². The summed E-state index contributed by atoms with van der Waals surface area (Å²) in [7, 11) is -0.441. The Morgan fingerprint density at radius 1 is 0.936 bits per heavy atom. The largest absolute Gasteiger partial charge is 0.497 e. The second kappa shape index (κ2) is 17.7. The van der Waals surface area contributed by atoms with E-state index in [0.717, 1.165) is 22.4 Å². The summed E-state index contributed by atoms with van der Waals surface area (Å²) in [5.74, 6) is 0.0795. The average Bonchev–Trinajstić information content (AvgIpc) is 3.43. The van der Waals surface area contributed by atoms with E-state index < -0.39 is 20.3 Å². The first-order valence-corrected chi connectivity index (χ1v) is 20.1. The minimum Gasteiger partial charge on any atom is -0.497 e. The summed E-state index contributed by atoms with van der Waals surface area (Å²) in [6.45, 7) is 12.2. The van der Waals surface area contributed by atoms with Crippen molar-refractivity contribution >= 4 is 31.6 Å². The summed E-state index contributed by atoms with van der Waals surface area (Å²) in [5, 5.41) is 0.230. The number of carbonyl (C=O) groups is 1. The van der Waals surface area contributed by atoms with Crippen molar-refractivity contribution in [3.8, 4) is 5.75 Å². The first-order valence-electron chi connectivity index (χ1n) is 16.3. The van der Waals surface area contributed by atoms with Crippen LogP contribution in [0.3, 0.4) is 0 Å². The summed E-state index contributed by atoms with van der Waals surface area (Å²) in [6.07, 6.45) is 3.95. The fourth-order valence-electron chi connectivity index (χ4n) is 5.69. The number of methoxy groups -OCH3 is 1. The third-order valence-electron chi connectivity index (χ3n) is 8.17. The highest BCUT2D eigenvalue weighted by Crippen LogP contribution is 2.30. The minimum absolute atomic E-state index is 0.0860. The molecule has 7 nitrogen and oxygen atoms in total. The number of ether oxygens (including phenoxy) is 4. The fourth-order valence-corrected chi connectivity index (χ4v) is 7.23. The van der Waals surface area contributed by atoms with Crippen LogP contribution in [-0.4, -0.2) is 62.9 Å². The van der Waals surface area contributed by atoms with Crippen LogP contribution in [0.2, 0.25) is 19.6 Å². The first kappa shape index (κ1) is 36.5. The van der Waals surface area contributed by atoms with Gasteiger partial charge in [0.15, 0.2) is 8.32 Å². The number of amides is 1. The van der Waals surface area contributed by atoms with Crippen LogP contribution < -0.4 is 4.74 Å². The zero-order valence-corrected chi connectivity index (χ0v) is 30.3. The lowest BCUT2D eigenvalue weighted by Crippen LogP contribution is -2.51. The van der Waals surface area contributed by atoms with Crippen LogP contribution in [0, 0.1) is 11.8 Å². The summed E-state index contributed by atoms with van der Waals surface area (Å²) in [5.41, 5.74) is 3.27. The molecule has 0 radical (unpaired) electrons. The third-order valence-corrected chi connectivity index (χ3v) is 9.47. The number of carbonyl (C=O) groups excluding carboxylic acids is 1. The average molecular weight is 676 g/mol. The number of benzene rings is 3. The van der Waals surface area contributed by atoms with Gasteiger partial charge in [0.25, 0.3) is 5.17 Å². The molecular weight excluding hydrogens is 627 g/mol. The maximum Gasteiger partial charge on any atom is 0.266 e. The molecule has 1 aliphatic rings. The van der Waals surface area contributed by atoms with Gasteiger partial charge in [0, 0.05) is 5.92 Å². The minimum atomic E-state index is -2.10. The highest BCUT2D eigenvalue weighted by molar-refractivity contribution is 7.80. The predicted octanol–water partition coefficient (Wildman–Crippen LogP) is 7.60. The van der Waals surface area contributed by atoms with Crippen LogP contribution in [-0.2, 0) is 43.1 Å². The molecule has 3 aromatic rings. The topological polar surface area (TPSA) is 66.5 Å². The Balaban J connectivity index is 1.51. The Morgan fingerprint density at radius 2 is 1.55 bits per heavy atom. The second-order valence-electron chi connectivity index (χ2n) is 13.0. The number of nitrogens with zero attached hydrogens (tertiary/aromatic N) is 1. The molecule has 0 unspecified atom stereocenters. The molecule has 252 valence electrons. The Kier molecular flexibility index (Phi) is 13.7. The summed E-state index contributed by atoms with van der Waals surface area (Å²) >= 11 is 5.56. The molecule has 47 heavy (non-hydrogen) atoms. The Hall–Kier alpha value is -3.34. The van der Waals surface area contributed by atoms with Crippen molar-refractivity contribution in [2.75, 3.05) is 20.3 Å². The van der Waals surface area contributed by atoms with E-state index in [0.29, 0.717) is 32.8 Å². The molecule has 0 saturated carbocycles. The highest BCUT2D eigenvalue weighted by atomic mass is 32.1. The molecule has 0 aromatic heterocycles. The van der Waals surface area contributed by atoms with Crippen LogP contribution in [0.5, 0.6) is 5.75 Å². The van der Waals surface area contributed by atoms with Gasteiger partial charge in [0.1, 0.15) is 12.4 Å². The molecule has 1 fully saturated rings. The Morgan fingerprint density at radius 3 is 2.17 bits per heavy atom. The van der Waals surface area contributed by atoms with E-state index in [1.807, 2.05) is 91.9 Å². The Bertz CT molecular complexity index is 1430. The van der Waals surface area contributed by atoms with E-state index in [-0.39, 0.29) is 29.1 Å². The van der Waals surface area contributed by atoms with Gasteiger partial charge in [-0.15, -0.1) is 0 Å². The van der Waals surface area contributed by atoms with Crippen molar-refractivity contribution in [3.63, 3.8) is 0 Å². The molecule has 5 atom stereocenters. The molecular formula is C38H49NO6SSi. The smallest absolute Gasteiger partial charge is 0.266 e. The maximum atomic E-state index is 14.3. The quantitative estimate of drug-likeness (QED) is 0.0632. The normalized spacial score (nSPS) is 17.7. The van der Waals surface area contributed by atoms with Gasteiger partial charge >= 0.3 is 0 Å². The van der Waals surface area contributed by atoms with Crippen molar-refractivity contribution in [1.82, 2.24) is 4.90 Å². The fraction of sp³-hybridized carbons (Fsp3) is 0.421. The summed E-state index contributed by atoms with van der Waals surface area (Å²) in [4.78, 5) is 15.9. The lowest BCUT2D eigenvalue weighted by molar-refractivity contribution is -0.137. The SMILES string of the molecule is COc1ccc(COC/C=C/[C@H](OCc2ccccc2)[C@@H](C)[C@@H](O[Si](C)(C)C)[C@H](C)C(=O)N2C(=S)OC[C@H]2Cc2ccccc2)cc1. The van der Waals surface area contributed by atoms with Gasteiger partial charge in [0.05, 0.1) is 51.1 Å². The molecule has 0 aliphatic carbocycles. The van der Waals surface area contributed by atoms with E-state index in [2.05, 4.69) is 38.7 Å². The highest BCUT2D eigenvalue weighted by Gasteiger charge is 2.43. The molecule has 1 heterocycles. The van der Waals surface area contributed by atoms with Crippen molar-refractivity contribution in [2.24, 2.45) is 11.8 Å². The molecule has 0 N–H and O–H groups in total. The third kappa shape index (κ3) is 11.1. The first-order chi connectivity index (χ1) is 22.6. The maximum absolute atomic E-state index is 14.3. The van der Waals surface area contributed by atoms with Crippen LogP contribution in [0.1, 0.15) is 30.5 Å². The number of rotatable bonds is 17. The molecule has 4 rings (SSSR count). The molecule has 0 bridgehead atoms. The lowest BCUT2D eigenvalue weighted by Gasteiger charge is -2.38. The van der Waals surface area contributed by atoms with Crippen LogP contribution in [0.15, 0.2) is 97.1 Å². The van der Waals surface area contributed by atoms with E-state index in [1.165, 1.54) is 0 Å². The lowest BCUT2D eigenvalue weighted by atomic mass is 9.87. The number of hydrogen-bond acceptors (Lipinski definition) is 7. The molecule has 0 spiro atoms. The standard InChI is InChI=1S/C38H49NO6SSi/c1-28(35(43-26-31-16-11-8-12-17-31)18-13-23-42-25-32-19-21-34(41-3)22-20-32)36(45-47(4,5)6)29(2)37(40)39-33(27-44-38(39)46)24-30-14-9-7-10-15-30/h7-22,28-29,33,35-36H,23-27H2,1-6H3/b18-13+/t28-,29+,33-,35+,36-/m1/s1. The van der Waals surface area contributed by atoms with Gasteiger partial charge in [-0.3, -0.25) is 9.69 Å². The van der Waals surface area contributed by atoms with Gasteiger partial charge in [0.2, 0.25) is 5.91 Å². The van der Waals surface area contributed by atoms with Gasteiger partial charge in [-0.1, -0.05) is 98.8 Å². The molecule has 1 amide bonds. The van der Waals surface area contributed by atoms with Gasteiger partial charge in [-0.05, 0) is 67.1 Å². The van der Waals surface area contributed by atoms with E-state index >= 15 is 0 Å². The number of thiocarbonyl (C=S) groups is 1. The summed E-state index contributed by atoms with van der Waals surface area (Å²) in [6, 6.07) is 27.9. The zero-order valence-electron chi connectivity index (χ0n) is 28.5. The van der Waals surface area contributed by atoms with Crippen LogP contribution in [0.25, 0.3) is 0 Å². The molecule has 9 heteroatoms. The molecule has 1 saturated heterocycles. The Labute approximate surface area is 287 Å². The van der Waals surface area contributed by atoms with Crippen LogP contribution in [0.4, 0.5) is 0 Å². The molecule has 1 aliphatic heterocycles. The molecule has 3 aromatic carbocycles. The van der Waals surface area contributed by atoms with Crippen molar-refractivity contribution in [3.05, 3.63) is 114 Å². The second-order valence-corrected chi connectivity index (χ2v) is 17.8. The number of hydrogen-bond donors (Lipinski definition) is 0. The van der Waals surface area contributed by atoms with Gasteiger partial charge < -0.3 is 23.4 Å². The van der Waals surface area contributed by atoms with E-state index in [4.69, 9.17) is 35.6 Å². The van der Waals surface area contributed by atoms with Gasteiger partial charge in [-0.25, -0.2) is 0 Å². The monoisotopic (exact) mass is 675 g/mol. The predicted molar refractivity (Wildman–Crippen MR) is 193 cm³/mol. The van der Waals surface area contributed by atoms with Crippen molar-refractivity contribution in [2.45, 2.75) is 71.4 Å². The zero-order chi connectivity index (χ0) is 33.8. The van der Waals surface area contributed by atoms with Crippen molar-refractivity contribution in [1.29, 1.82) is 0 Å². The van der Waals surface area contributed by atoms with E-state index in [9.17, 15) is 4.79 Å². The van der Waals surface area contributed by atoms with Gasteiger partial charge in [-0.2, -0.15) is 0 Å². The van der Waals surface area contributed by atoms with Crippen LogP contribution >= 0.6 is 12.2 Å².